The van der Waals surface area contributed by atoms with Crippen LogP contribution in [0.2, 0.25) is 0 Å². The molecule has 0 aliphatic rings. The Morgan fingerprint density at radius 2 is 1.87 bits per heavy atom. The van der Waals surface area contributed by atoms with Gasteiger partial charge < -0.3 is 0 Å². The Kier molecular flexibility index (Phi) is 4.45. The zero-order valence-electron chi connectivity index (χ0n) is 8.47. The molecular formula is C9H12ClNO2S2. The lowest BCUT2D eigenvalue weighted by molar-refractivity contribution is 0.551. The highest BCUT2D eigenvalue weighted by molar-refractivity contribution is 8.24. The lowest BCUT2D eigenvalue weighted by Crippen LogP contribution is -2.23. The maximum absolute atomic E-state index is 11.9. The summed E-state index contributed by atoms with van der Waals surface area (Å²) in [5.41, 5.74) is 1.02. The first-order valence-corrected chi connectivity index (χ1v) is 7.44. The van der Waals surface area contributed by atoms with Gasteiger partial charge in [-0.05, 0) is 29.7 Å². The average Bonchev–Trinajstić information content (AvgIpc) is 2.19. The molecule has 84 valence electrons. The zero-order chi connectivity index (χ0) is 11.5. The molecule has 0 aliphatic heterocycles. The Morgan fingerprint density at radius 1 is 1.33 bits per heavy atom. The van der Waals surface area contributed by atoms with E-state index in [1.165, 1.54) is 0 Å². The van der Waals surface area contributed by atoms with Crippen LogP contribution in [0.1, 0.15) is 12.5 Å². The molecule has 3 nitrogen and oxygen atoms in total. The molecule has 0 radical (unpaired) electrons. The topological polar surface area (TPSA) is 37.4 Å². The van der Waals surface area contributed by atoms with Crippen molar-refractivity contribution in [3.8, 4) is 0 Å². The van der Waals surface area contributed by atoms with E-state index in [1.807, 2.05) is 6.92 Å². The number of hydrogen-bond acceptors (Lipinski definition) is 3. The number of aryl methyl sites for hydroxylation is 1. The third kappa shape index (κ3) is 2.87. The van der Waals surface area contributed by atoms with Gasteiger partial charge in [0.1, 0.15) is 0 Å². The fourth-order valence-electron chi connectivity index (χ4n) is 1.08. The minimum Gasteiger partial charge on any atom is -0.206 e. The first kappa shape index (κ1) is 12.8. The predicted octanol–water partition coefficient (Wildman–Crippen LogP) is 2.81. The van der Waals surface area contributed by atoms with Crippen LogP contribution in [0.4, 0.5) is 0 Å². The van der Waals surface area contributed by atoms with E-state index >= 15 is 0 Å². The molecule has 0 saturated carbocycles. The Morgan fingerprint density at radius 3 is 2.27 bits per heavy atom. The molecular weight excluding hydrogens is 254 g/mol. The largest absolute Gasteiger partial charge is 0.253 e. The molecule has 0 unspecified atom stereocenters. The first-order chi connectivity index (χ1) is 7.02. The fourth-order valence-corrected chi connectivity index (χ4v) is 3.75. The number of sulfonamides is 1. The van der Waals surface area contributed by atoms with Crippen molar-refractivity contribution >= 4 is 31.9 Å². The van der Waals surface area contributed by atoms with Gasteiger partial charge >= 0.3 is 0 Å². The van der Waals surface area contributed by atoms with Crippen molar-refractivity contribution in [1.82, 2.24) is 3.71 Å². The Bertz CT molecular complexity index is 412. The van der Waals surface area contributed by atoms with Gasteiger partial charge in [-0.25, -0.2) is 8.42 Å². The van der Waals surface area contributed by atoms with Crippen LogP contribution in [-0.2, 0) is 10.0 Å². The molecule has 1 rings (SSSR count). The van der Waals surface area contributed by atoms with E-state index in [2.05, 4.69) is 0 Å². The summed E-state index contributed by atoms with van der Waals surface area (Å²) < 4.78 is 25.0. The van der Waals surface area contributed by atoms with Gasteiger partial charge in [0, 0.05) is 17.7 Å². The van der Waals surface area contributed by atoms with Gasteiger partial charge in [-0.3, -0.25) is 0 Å². The average molecular weight is 266 g/mol. The zero-order valence-corrected chi connectivity index (χ0v) is 10.9. The number of halogens is 1. The van der Waals surface area contributed by atoms with Gasteiger partial charge in [0.05, 0.1) is 4.90 Å². The van der Waals surface area contributed by atoms with Crippen LogP contribution in [0.25, 0.3) is 0 Å². The van der Waals surface area contributed by atoms with E-state index in [0.29, 0.717) is 17.7 Å². The van der Waals surface area contributed by atoms with Gasteiger partial charge in [-0.1, -0.05) is 24.6 Å². The number of rotatable bonds is 4. The van der Waals surface area contributed by atoms with E-state index in [4.69, 9.17) is 10.7 Å². The summed E-state index contributed by atoms with van der Waals surface area (Å²) in [5.74, 6) is 0. The molecule has 1 aromatic carbocycles. The van der Waals surface area contributed by atoms with Crippen molar-refractivity contribution in [3.05, 3.63) is 29.8 Å². The monoisotopic (exact) mass is 265 g/mol. The highest BCUT2D eigenvalue weighted by Gasteiger charge is 2.22. The molecule has 0 fully saturated rings. The van der Waals surface area contributed by atoms with Crippen LogP contribution in [-0.4, -0.2) is 18.7 Å². The molecule has 0 aliphatic carbocycles. The maximum Gasteiger partial charge on any atom is 0.253 e. The third-order valence-corrected chi connectivity index (χ3v) is 5.55. The Hall–Kier alpha value is -0.230. The highest BCUT2D eigenvalue weighted by atomic mass is 35.7. The smallest absolute Gasteiger partial charge is 0.206 e. The first-order valence-electron chi connectivity index (χ1n) is 4.40. The van der Waals surface area contributed by atoms with E-state index < -0.39 is 10.0 Å². The normalized spacial score (nSPS) is 12.0. The molecule has 0 spiro atoms. The van der Waals surface area contributed by atoms with Crippen LogP contribution < -0.4 is 0 Å². The van der Waals surface area contributed by atoms with Crippen LogP contribution in [0, 0.1) is 6.92 Å². The number of hydrogen-bond donors (Lipinski definition) is 0. The van der Waals surface area contributed by atoms with Gasteiger partial charge in [-0.2, -0.15) is 0 Å². The van der Waals surface area contributed by atoms with Crippen LogP contribution in [0.15, 0.2) is 29.2 Å². The second-order valence-electron chi connectivity index (χ2n) is 3.01. The Labute approximate surface area is 99.1 Å². The molecule has 0 aromatic heterocycles. The molecule has 1 aromatic rings. The van der Waals surface area contributed by atoms with Crippen molar-refractivity contribution in [2.75, 3.05) is 6.54 Å². The fraction of sp³-hybridized carbons (Fsp3) is 0.333. The van der Waals surface area contributed by atoms with Crippen LogP contribution in [0.5, 0.6) is 0 Å². The molecule has 0 N–H and O–H groups in total. The second-order valence-corrected chi connectivity index (χ2v) is 6.09. The van der Waals surface area contributed by atoms with E-state index in [-0.39, 0.29) is 4.90 Å². The third-order valence-electron chi connectivity index (χ3n) is 1.92. The summed E-state index contributed by atoms with van der Waals surface area (Å²) in [6.07, 6.45) is 0. The Balaban J connectivity index is 3.11. The molecule has 0 amide bonds. The lowest BCUT2D eigenvalue weighted by Gasteiger charge is -2.15. The van der Waals surface area contributed by atoms with Crippen molar-refractivity contribution in [2.45, 2.75) is 18.7 Å². The van der Waals surface area contributed by atoms with Crippen molar-refractivity contribution < 1.29 is 8.42 Å². The second kappa shape index (κ2) is 5.21. The summed E-state index contributed by atoms with van der Waals surface area (Å²) in [7, 11) is 2.04. The molecule has 0 atom stereocenters. The quantitative estimate of drug-likeness (QED) is 0.786. The summed E-state index contributed by atoms with van der Waals surface area (Å²) in [5, 5.41) is 0. The van der Waals surface area contributed by atoms with E-state index in [1.54, 1.807) is 31.2 Å². The molecule has 0 bridgehead atoms. The summed E-state index contributed by atoms with van der Waals surface area (Å²) in [4.78, 5) is 0.267. The van der Waals surface area contributed by atoms with E-state index in [9.17, 15) is 8.42 Å². The number of nitrogens with zero attached hydrogens (tertiary/aromatic N) is 1. The highest BCUT2D eigenvalue weighted by Crippen LogP contribution is 2.25. The molecule has 0 saturated heterocycles. The number of benzene rings is 1. The minimum atomic E-state index is -3.45. The van der Waals surface area contributed by atoms with Gasteiger partial charge in [0.25, 0.3) is 10.0 Å². The summed E-state index contributed by atoms with van der Waals surface area (Å²) >= 11 is 0.693. The predicted molar refractivity (Wildman–Crippen MR) is 64.2 cm³/mol. The lowest BCUT2D eigenvalue weighted by atomic mass is 10.2. The minimum absolute atomic E-state index is 0.267. The van der Waals surface area contributed by atoms with Gasteiger partial charge in [-0.15, -0.1) is 3.71 Å². The summed E-state index contributed by atoms with van der Waals surface area (Å²) in [6.45, 7) is 3.98. The SMILES string of the molecule is CCN(SCl)S(=O)(=O)c1ccc(C)cc1. The van der Waals surface area contributed by atoms with Gasteiger partial charge in [0.2, 0.25) is 0 Å². The van der Waals surface area contributed by atoms with Crippen LogP contribution in [0.3, 0.4) is 0 Å². The standard InChI is InChI=1S/C9H12ClNO2S2/c1-3-11(14-10)15(12,13)9-6-4-8(2)5-7-9/h4-7H,3H2,1-2H3. The van der Waals surface area contributed by atoms with Crippen molar-refractivity contribution in [1.29, 1.82) is 0 Å². The molecule has 0 heterocycles. The van der Waals surface area contributed by atoms with Gasteiger partial charge in [0.15, 0.2) is 0 Å². The maximum atomic E-state index is 11.9. The molecule has 6 heteroatoms. The van der Waals surface area contributed by atoms with Crippen molar-refractivity contribution in [3.63, 3.8) is 0 Å². The van der Waals surface area contributed by atoms with Crippen molar-refractivity contribution in [2.24, 2.45) is 0 Å². The molecule has 15 heavy (non-hydrogen) atoms. The van der Waals surface area contributed by atoms with E-state index in [0.717, 1.165) is 9.27 Å². The summed E-state index contributed by atoms with van der Waals surface area (Å²) in [6, 6.07) is 6.69. The van der Waals surface area contributed by atoms with Crippen LogP contribution >= 0.6 is 21.8 Å².